The lowest BCUT2D eigenvalue weighted by Gasteiger charge is -2.08. The normalized spacial score (nSPS) is 11.9. The molecule has 0 atom stereocenters. The molecule has 0 fully saturated rings. The Bertz CT molecular complexity index is 151. The van der Waals surface area contributed by atoms with Crippen molar-refractivity contribution in [1.82, 2.24) is 0 Å². The van der Waals surface area contributed by atoms with Gasteiger partial charge in [-0.05, 0) is 0 Å². The van der Waals surface area contributed by atoms with Crippen LogP contribution in [0.25, 0.3) is 0 Å². The molecule has 0 bridgehead atoms. The molecule has 0 aliphatic rings. The van der Waals surface area contributed by atoms with Crippen molar-refractivity contribution in [3.8, 4) is 0 Å². The highest BCUT2D eigenvalue weighted by Gasteiger charge is 2.23. The lowest BCUT2D eigenvalue weighted by Crippen LogP contribution is -2.03. The molecule has 0 amide bonds. The lowest BCUT2D eigenvalue weighted by molar-refractivity contribution is 0.0946. The van der Waals surface area contributed by atoms with Gasteiger partial charge in [0, 0.05) is 14.2 Å². The number of hydrogen-bond acceptors (Lipinski definition) is 5. The van der Waals surface area contributed by atoms with E-state index in [-0.39, 0.29) is 26.4 Å². The summed E-state index contributed by atoms with van der Waals surface area (Å²) in [4.78, 5) is 0. The van der Waals surface area contributed by atoms with E-state index in [1.807, 2.05) is 0 Å². The van der Waals surface area contributed by atoms with Gasteiger partial charge in [0.2, 0.25) is 0 Å². The summed E-state index contributed by atoms with van der Waals surface area (Å²) in [5.74, 6) is 0. The minimum Gasteiger partial charge on any atom is -0.382 e. The van der Waals surface area contributed by atoms with Crippen molar-refractivity contribution in [1.29, 1.82) is 0 Å². The monoisotopic (exact) mass is 216 g/mol. The van der Waals surface area contributed by atoms with Crippen LogP contribution in [0.5, 0.6) is 0 Å². The van der Waals surface area contributed by atoms with Gasteiger partial charge in [0.05, 0.1) is 26.4 Å². The molecule has 13 heavy (non-hydrogen) atoms. The zero-order chi connectivity index (χ0) is 10.2. The second-order valence-electron chi connectivity index (χ2n) is 2.08. The predicted octanol–water partition coefficient (Wildman–Crippen LogP) is 1.39. The van der Waals surface area contributed by atoms with E-state index in [0.29, 0.717) is 0 Å². The van der Waals surface area contributed by atoms with Crippen LogP contribution in [0.3, 0.4) is 0 Å². The Hall–Kier alpha value is -0.0000000000000000416. The summed E-state index contributed by atoms with van der Waals surface area (Å²) in [6.07, 6.45) is 0. The Balaban J connectivity index is 3.49. The molecular weight excluding hydrogens is 202 g/mol. The topological polar surface area (TPSA) is 54.0 Å². The zero-order valence-electron chi connectivity index (χ0n) is 7.69. The number of rotatable bonds is 8. The van der Waals surface area contributed by atoms with Crippen LogP contribution in [0.15, 0.2) is 0 Å². The first-order valence-electron chi connectivity index (χ1n) is 3.69. The number of methoxy groups -OCH3 is 2. The van der Waals surface area contributed by atoms with E-state index in [1.54, 1.807) is 0 Å². The maximum Gasteiger partial charge on any atom is 0.513 e. The molecule has 0 aliphatic heterocycles. The Labute approximate surface area is 76.8 Å². The van der Waals surface area contributed by atoms with Crippen LogP contribution in [0, 0.1) is 0 Å². The van der Waals surface area contributed by atoms with Crippen molar-refractivity contribution < 1.29 is 27.3 Å². The first-order valence-corrected chi connectivity index (χ1v) is 5.12. The van der Waals surface area contributed by atoms with Crippen molar-refractivity contribution in [2.24, 2.45) is 0 Å². The third kappa shape index (κ3) is 8.33. The molecule has 0 aromatic rings. The quantitative estimate of drug-likeness (QED) is 0.453. The largest absolute Gasteiger partial charge is 0.513 e. The predicted molar refractivity (Wildman–Crippen MR) is 44.4 cm³/mol. The molecule has 0 spiro atoms. The maximum absolute atomic E-state index is 12.7. The Morgan fingerprint density at radius 3 is 1.69 bits per heavy atom. The van der Waals surface area contributed by atoms with E-state index >= 15 is 0 Å². The standard InChI is InChI=1S/C6H14FO5P/c1-9-3-5-11-13(7,8)12-6-4-10-2/h3-6H2,1-2H3. The second-order valence-corrected chi connectivity index (χ2v) is 3.46. The summed E-state index contributed by atoms with van der Waals surface area (Å²) < 4.78 is 41.2. The number of hydrogen-bond donors (Lipinski definition) is 0. The maximum atomic E-state index is 12.7. The van der Waals surface area contributed by atoms with Gasteiger partial charge in [-0.2, -0.15) is 0 Å². The fourth-order valence-corrected chi connectivity index (χ4v) is 1.16. The van der Waals surface area contributed by atoms with Crippen molar-refractivity contribution in [3.05, 3.63) is 0 Å². The van der Waals surface area contributed by atoms with Gasteiger partial charge in [0.15, 0.2) is 0 Å². The van der Waals surface area contributed by atoms with Crippen molar-refractivity contribution in [3.63, 3.8) is 0 Å². The number of halogens is 1. The minimum atomic E-state index is -4.41. The molecule has 0 unspecified atom stereocenters. The van der Waals surface area contributed by atoms with E-state index in [4.69, 9.17) is 0 Å². The van der Waals surface area contributed by atoms with Gasteiger partial charge in [-0.15, -0.1) is 4.20 Å². The molecule has 0 aromatic heterocycles. The summed E-state index contributed by atoms with van der Waals surface area (Å²) in [6, 6.07) is 0. The molecule has 0 radical (unpaired) electrons. The van der Waals surface area contributed by atoms with Crippen LogP contribution in [0.1, 0.15) is 0 Å². The summed E-state index contributed by atoms with van der Waals surface area (Å²) in [5.41, 5.74) is 0. The molecule has 5 nitrogen and oxygen atoms in total. The third-order valence-electron chi connectivity index (χ3n) is 1.07. The van der Waals surface area contributed by atoms with E-state index in [0.717, 1.165) is 0 Å². The molecule has 0 aliphatic carbocycles. The molecule has 0 heterocycles. The van der Waals surface area contributed by atoms with E-state index in [1.165, 1.54) is 14.2 Å². The van der Waals surface area contributed by atoms with Crippen LogP contribution in [0.4, 0.5) is 4.20 Å². The minimum absolute atomic E-state index is 0.0999. The highest BCUT2D eigenvalue weighted by Crippen LogP contribution is 2.49. The molecule has 0 saturated carbocycles. The van der Waals surface area contributed by atoms with E-state index in [9.17, 15) is 8.76 Å². The van der Waals surface area contributed by atoms with Gasteiger partial charge in [-0.1, -0.05) is 0 Å². The number of ether oxygens (including phenoxy) is 2. The van der Waals surface area contributed by atoms with Crippen LogP contribution in [-0.2, 0) is 23.1 Å². The summed E-state index contributed by atoms with van der Waals surface area (Å²) in [7, 11) is -1.55. The lowest BCUT2D eigenvalue weighted by atomic mass is 10.8. The Morgan fingerprint density at radius 1 is 1.00 bits per heavy atom. The SMILES string of the molecule is COCCOP(=O)(F)OCCOC. The molecular formula is C6H14FO5P. The summed E-state index contributed by atoms with van der Waals surface area (Å²) >= 11 is 0. The van der Waals surface area contributed by atoms with Crippen molar-refractivity contribution >= 4 is 7.91 Å². The average molecular weight is 216 g/mol. The molecule has 80 valence electrons. The first kappa shape index (κ1) is 13.0. The fraction of sp³-hybridized carbons (Fsp3) is 1.00. The van der Waals surface area contributed by atoms with Crippen molar-refractivity contribution in [2.45, 2.75) is 0 Å². The third-order valence-corrected chi connectivity index (χ3v) is 2.05. The van der Waals surface area contributed by atoms with Crippen LogP contribution < -0.4 is 0 Å². The van der Waals surface area contributed by atoms with Gasteiger partial charge in [-0.25, -0.2) is 4.57 Å². The van der Waals surface area contributed by atoms with Gasteiger partial charge in [0.25, 0.3) is 0 Å². The van der Waals surface area contributed by atoms with Gasteiger partial charge < -0.3 is 9.47 Å². The first-order chi connectivity index (χ1) is 6.12. The van der Waals surface area contributed by atoms with E-state index in [2.05, 4.69) is 18.5 Å². The summed E-state index contributed by atoms with van der Waals surface area (Å²) in [5, 5.41) is 0. The zero-order valence-corrected chi connectivity index (χ0v) is 8.59. The van der Waals surface area contributed by atoms with Crippen LogP contribution >= 0.6 is 7.91 Å². The molecule has 0 N–H and O–H groups in total. The highest BCUT2D eigenvalue weighted by molar-refractivity contribution is 7.48. The Kier molecular flexibility index (Phi) is 7.41. The van der Waals surface area contributed by atoms with Crippen LogP contribution in [-0.4, -0.2) is 40.6 Å². The van der Waals surface area contributed by atoms with Crippen LogP contribution in [0.2, 0.25) is 0 Å². The smallest absolute Gasteiger partial charge is 0.382 e. The van der Waals surface area contributed by atoms with E-state index < -0.39 is 7.91 Å². The fourth-order valence-electron chi connectivity index (χ4n) is 0.497. The molecule has 0 aromatic carbocycles. The second kappa shape index (κ2) is 7.41. The van der Waals surface area contributed by atoms with Gasteiger partial charge in [-0.3, -0.25) is 9.05 Å². The Morgan fingerprint density at radius 2 is 1.38 bits per heavy atom. The molecule has 0 saturated heterocycles. The van der Waals surface area contributed by atoms with Crippen molar-refractivity contribution in [2.75, 3.05) is 40.6 Å². The molecule has 0 rings (SSSR count). The highest BCUT2D eigenvalue weighted by atomic mass is 31.2. The summed E-state index contributed by atoms with van der Waals surface area (Å²) in [6.45, 7) is 0.137. The average Bonchev–Trinajstić information content (AvgIpc) is 2.05. The van der Waals surface area contributed by atoms with Gasteiger partial charge >= 0.3 is 7.91 Å². The van der Waals surface area contributed by atoms with Gasteiger partial charge in [0.1, 0.15) is 0 Å². The molecule has 7 heteroatoms.